The SMILES string of the molecule is CCCCCCCCC(=O)c1ccc(SCC)cc1. The predicted molar refractivity (Wildman–Crippen MR) is 85.2 cm³/mol. The summed E-state index contributed by atoms with van der Waals surface area (Å²) in [4.78, 5) is 13.2. The van der Waals surface area contributed by atoms with Gasteiger partial charge in [0.15, 0.2) is 5.78 Å². The minimum atomic E-state index is 0.295. The fraction of sp³-hybridized carbons (Fsp3) is 0.588. The molecule has 106 valence electrons. The summed E-state index contributed by atoms with van der Waals surface area (Å²) in [5.74, 6) is 1.37. The number of carbonyl (C=O) groups excluding carboxylic acids is 1. The summed E-state index contributed by atoms with van der Waals surface area (Å²) in [5, 5.41) is 0. The van der Waals surface area contributed by atoms with E-state index in [4.69, 9.17) is 0 Å². The summed E-state index contributed by atoms with van der Waals surface area (Å²) < 4.78 is 0. The van der Waals surface area contributed by atoms with Gasteiger partial charge in [-0.15, -0.1) is 11.8 Å². The summed E-state index contributed by atoms with van der Waals surface area (Å²) in [7, 11) is 0. The monoisotopic (exact) mass is 278 g/mol. The zero-order valence-corrected chi connectivity index (χ0v) is 13.1. The van der Waals surface area contributed by atoms with E-state index in [-0.39, 0.29) is 0 Å². The van der Waals surface area contributed by atoms with Gasteiger partial charge in [-0.25, -0.2) is 0 Å². The Hall–Kier alpha value is -0.760. The molecule has 1 rings (SSSR count). The Labute approximate surface area is 122 Å². The average molecular weight is 278 g/mol. The van der Waals surface area contributed by atoms with E-state index in [0.717, 1.165) is 17.7 Å². The Bertz CT molecular complexity index is 356. The van der Waals surface area contributed by atoms with Crippen LogP contribution >= 0.6 is 11.8 Å². The molecule has 1 nitrogen and oxygen atoms in total. The molecule has 0 atom stereocenters. The zero-order valence-electron chi connectivity index (χ0n) is 12.3. The maximum atomic E-state index is 12.0. The molecule has 0 saturated heterocycles. The number of hydrogen-bond acceptors (Lipinski definition) is 2. The van der Waals surface area contributed by atoms with Gasteiger partial charge in [-0.3, -0.25) is 4.79 Å². The van der Waals surface area contributed by atoms with Crippen molar-refractivity contribution >= 4 is 17.5 Å². The lowest BCUT2D eigenvalue weighted by Crippen LogP contribution is -1.98. The van der Waals surface area contributed by atoms with Crippen molar-refractivity contribution in [1.82, 2.24) is 0 Å². The Balaban J connectivity index is 2.25. The van der Waals surface area contributed by atoms with Crippen molar-refractivity contribution in [3.63, 3.8) is 0 Å². The third-order valence-electron chi connectivity index (χ3n) is 3.24. The van der Waals surface area contributed by atoms with Crippen molar-refractivity contribution < 1.29 is 4.79 Å². The van der Waals surface area contributed by atoms with E-state index in [0.29, 0.717) is 12.2 Å². The Kier molecular flexibility index (Phi) is 8.64. The number of rotatable bonds is 10. The van der Waals surface area contributed by atoms with Gasteiger partial charge in [0.25, 0.3) is 0 Å². The van der Waals surface area contributed by atoms with E-state index < -0.39 is 0 Å². The van der Waals surface area contributed by atoms with Crippen LogP contribution in [0.15, 0.2) is 29.2 Å². The molecule has 0 bridgehead atoms. The molecule has 0 aliphatic carbocycles. The molecule has 2 heteroatoms. The lowest BCUT2D eigenvalue weighted by Gasteiger charge is -2.03. The predicted octanol–water partition coefficient (Wildman–Crippen LogP) is 5.73. The summed E-state index contributed by atoms with van der Waals surface area (Å²) in [6.45, 7) is 4.37. The highest BCUT2D eigenvalue weighted by Crippen LogP contribution is 2.19. The lowest BCUT2D eigenvalue weighted by molar-refractivity contribution is 0.0979. The van der Waals surface area contributed by atoms with Crippen molar-refractivity contribution in [2.45, 2.75) is 63.7 Å². The third-order valence-corrected chi connectivity index (χ3v) is 4.14. The average Bonchev–Trinajstić information content (AvgIpc) is 2.43. The highest BCUT2D eigenvalue weighted by Gasteiger charge is 2.05. The van der Waals surface area contributed by atoms with Crippen LogP contribution in [0.4, 0.5) is 0 Å². The maximum absolute atomic E-state index is 12.0. The van der Waals surface area contributed by atoms with Gasteiger partial charge in [0.2, 0.25) is 0 Å². The molecule has 0 radical (unpaired) electrons. The van der Waals surface area contributed by atoms with Gasteiger partial charge in [0.1, 0.15) is 0 Å². The van der Waals surface area contributed by atoms with Gasteiger partial charge < -0.3 is 0 Å². The molecule has 0 aromatic heterocycles. The molecule has 0 aliphatic heterocycles. The molecule has 0 N–H and O–H groups in total. The molecular weight excluding hydrogens is 252 g/mol. The molecule has 0 saturated carbocycles. The van der Waals surface area contributed by atoms with Gasteiger partial charge in [-0.2, -0.15) is 0 Å². The first-order chi connectivity index (χ1) is 9.27. The van der Waals surface area contributed by atoms with Crippen LogP contribution in [0.5, 0.6) is 0 Å². The minimum absolute atomic E-state index is 0.295. The Morgan fingerprint density at radius 3 is 2.21 bits per heavy atom. The second-order valence-corrected chi connectivity index (χ2v) is 6.24. The fourth-order valence-corrected chi connectivity index (χ4v) is 2.78. The molecule has 0 amide bonds. The maximum Gasteiger partial charge on any atom is 0.162 e. The van der Waals surface area contributed by atoms with Crippen molar-refractivity contribution in [3.05, 3.63) is 29.8 Å². The van der Waals surface area contributed by atoms with Crippen LogP contribution in [-0.2, 0) is 0 Å². The van der Waals surface area contributed by atoms with Crippen LogP contribution in [0.2, 0.25) is 0 Å². The smallest absolute Gasteiger partial charge is 0.162 e. The van der Waals surface area contributed by atoms with Gasteiger partial charge >= 0.3 is 0 Å². The second kappa shape index (κ2) is 10.1. The van der Waals surface area contributed by atoms with Gasteiger partial charge in [-0.05, 0) is 24.3 Å². The van der Waals surface area contributed by atoms with Crippen LogP contribution in [0.3, 0.4) is 0 Å². The standard InChI is InChI=1S/C17H26OS/c1-3-5-6-7-8-9-10-17(18)15-11-13-16(14-12-15)19-4-2/h11-14H,3-10H2,1-2H3. The first-order valence-electron chi connectivity index (χ1n) is 7.54. The zero-order chi connectivity index (χ0) is 13.9. The fourth-order valence-electron chi connectivity index (χ4n) is 2.11. The van der Waals surface area contributed by atoms with E-state index in [9.17, 15) is 4.79 Å². The number of unbranched alkanes of at least 4 members (excludes halogenated alkanes) is 5. The van der Waals surface area contributed by atoms with E-state index in [1.165, 1.54) is 37.0 Å². The first kappa shape index (κ1) is 16.3. The highest BCUT2D eigenvalue weighted by atomic mass is 32.2. The summed E-state index contributed by atoms with van der Waals surface area (Å²) in [6, 6.07) is 8.06. The van der Waals surface area contributed by atoms with Crippen molar-refractivity contribution in [1.29, 1.82) is 0 Å². The molecule has 1 aromatic carbocycles. The number of thioether (sulfide) groups is 1. The summed E-state index contributed by atoms with van der Waals surface area (Å²) >= 11 is 1.81. The normalized spacial score (nSPS) is 10.6. The molecule has 0 spiro atoms. The van der Waals surface area contributed by atoms with E-state index in [1.54, 1.807) is 0 Å². The molecule has 0 fully saturated rings. The quantitative estimate of drug-likeness (QED) is 0.309. The van der Waals surface area contributed by atoms with Crippen LogP contribution in [0, 0.1) is 0 Å². The minimum Gasteiger partial charge on any atom is -0.294 e. The molecular formula is C17H26OS. The number of hydrogen-bond donors (Lipinski definition) is 0. The van der Waals surface area contributed by atoms with Crippen molar-refractivity contribution in [2.75, 3.05) is 5.75 Å². The lowest BCUT2D eigenvalue weighted by atomic mass is 10.0. The molecule has 0 aliphatic rings. The highest BCUT2D eigenvalue weighted by molar-refractivity contribution is 7.99. The van der Waals surface area contributed by atoms with E-state index >= 15 is 0 Å². The Morgan fingerprint density at radius 1 is 0.947 bits per heavy atom. The first-order valence-corrected chi connectivity index (χ1v) is 8.52. The third kappa shape index (κ3) is 6.81. The van der Waals surface area contributed by atoms with E-state index in [1.807, 2.05) is 23.9 Å². The summed E-state index contributed by atoms with van der Waals surface area (Å²) in [6.07, 6.45) is 8.11. The summed E-state index contributed by atoms with van der Waals surface area (Å²) in [5.41, 5.74) is 0.869. The van der Waals surface area contributed by atoms with Crippen LogP contribution in [-0.4, -0.2) is 11.5 Å². The topological polar surface area (TPSA) is 17.1 Å². The van der Waals surface area contributed by atoms with Crippen LogP contribution in [0.1, 0.15) is 69.2 Å². The number of Topliss-reactive ketones (excluding diaryl/α,β-unsaturated/α-hetero) is 1. The largest absolute Gasteiger partial charge is 0.294 e. The Morgan fingerprint density at radius 2 is 1.58 bits per heavy atom. The molecule has 0 unspecified atom stereocenters. The van der Waals surface area contributed by atoms with Crippen molar-refractivity contribution in [2.24, 2.45) is 0 Å². The van der Waals surface area contributed by atoms with Crippen LogP contribution < -0.4 is 0 Å². The molecule has 1 aromatic rings. The van der Waals surface area contributed by atoms with Gasteiger partial charge in [0.05, 0.1) is 0 Å². The van der Waals surface area contributed by atoms with Crippen molar-refractivity contribution in [3.8, 4) is 0 Å². The number of benzene rings is 1. The van der Waals surface area contributed by atoms with Gasteiger partial charge in [-0.1, -0.05) is 58.1 Å². The number of ketones is 1. The van der Waals surface area contributed by atoms with Gasteiger partial charge in [0, 0.05) is 16.9 Å². The molecule has 19 heavy (non-hydrogen) atoms. The second-order valence-electron chi connectivity index (χ2n) is 4.90. The van der Waals surface area contributed by atoms with Crippen LogP contribution in [0.25, 0.3) is 0 Å². The van der Waals surface area contributed by atoms with E-state index in [2.05, 4.69) is 26.0 Å². The number of carbonyl (C=O) groups is 1. The molecule has 0 heterocycles.